The van der Waals surface area contributed by atoms with Gasteiger partial charge in [-0.25, -0.2) is 13.4 Å². The fourth-order valence-electron chi connectivity index (χ4n) is 1.73. The van der Waals surface area contributed by atoms with Crippen molar-refractivity contribution in [3.05, 3.63) is 12.0 Å². The van der Waals surface area contributed by atoms with Crippen molar-refractivity contribution >= 4 is 22.0 Å². The van der Waals surface area contributed by atoms with Crippen LogP contribution in [0.25, 0.3) is 0 Å². The zero-order chi connectivity index (χ0) is 16.2. The van der Waals surface area contributed by atoms with Gasteiger partial charge in [0.05, 0.1) is 0 Å². The van der Waals surface area contributed by atoms with Crippen LogP contribution in [0.15, 0.2) is 11.2 Å². The molecule has 10 heteroatoms. The summed E-state index contributed by atoms with van der Waals surface area (Å²) in [7, 11) is -4.27. The van der Waals surface area contributed by atoms with Gasteiger partial charge < -0.3 is 14.8 Å². The second-order valence-corrected chi connectivity index (χ2v) is 6.27. The molecule has 21 heavy (non-hydrogen) atoms. The number of hydrogen-bond donors (Lipinski definition) is 2. The zero-order valence-electron chi connectivity index (χ0n) is 11.7. The highest BCUT2D eigenvalue weighted by atomic mass is 32.2. The zero-order valence-corrected chi connectivity index (χ0v) is 12.5. The highest BCUT2D eigenvalue weighted by Crippen LogP contribution is 2.15. The Morgan fingerprint density at radius 3 is 2.24 bits per heavy atom. The van der Waals surface area contributed by atoms with E-state index in [0.717, 1.165) is 6.42 Å². The molecule has 0 saturated heterocycles. The second kappa shape index (κ2) is 6.68. The minimum absolute atomic E-state index is 0.351. The number of aromatic nitrogens is 2. The Morgan fingerprint density at radius 2 is 1.81 bits per heavy atom. The molecular weight excluding hydrogens is 302 g/mol. The van der Waals surface area contributed by atoms with E-state index in [-0.39, 0.29) is 5.03 Å². The standard InChI is InChI=1S/C11H17N3O6S/c1-3-4-13-5-9(12-8(13)2)21(19,20)14(6-10(15)16)7-11(17)18/h5H,3-4,6-7H2,1-2H3,(H,15,16)(H,17,18). The smallest absolute Gasteiger partial charge is 0.318 e. The van der Waals surface area contributed by atoms with E-state index in [9.17, 15) is 18.0 Å². The van der Waals surface area contributed by atoms with E-state index in [1.807, 2.05) is 6.92 Å². The summed E-state index contributed by atoms with van der Waals surface area (Å²) in [4.78, 5) is 25.3. The Labute approximate surface area is 121 Å². The maximum Gasteiger partial charge on any atom is 0.318 e. The molecule has 0 amide bonds. The number of rotatable bonds is 8. The summed E-state index contributed by atoms with van der Waals surface area (Å²) < 4.78 is 26.6. The van der Waals surface area contributed by atoms with Gasteiger partial charge in [-0.05, 0) is 13.3 Å². The maximum absolute atomic E-state index is 12.3. The Hall–Kier alpha value is -1.94. The SMILES string of the molecule is CCCn1cc(S(=O)(=O)N(CC(=O)O)CC(=O)O)nc1C. The quantitative estimate of drug-likeness (QED) is 0.676. The first-order chi connectivity index (χ1) is 9.68. The molecule has 1 rings (SSSR count). The van der Waals surface area contributed by atoms with Gasteiger partial charge in [-0.3, -0.25) is 9.59 Å². The van der Waals surface area contributed by atoms with Crippen LogP contribution in [0.2, 0.25) is 0 Å². The average Bonchev–Trinajstić information content (AvgIpc) is 2.70. The summed E-state index contributed by atoms with van der Waals surface area (Å²) in [5.41, 5.74) is 0. The van der Waals surface area contributed by atoms with Crippen LogP contribution in [0.4, 0.5) is 0 Å². The molecule has 0 fully saturated rings. The Balaban J connectivity index is 3.18. The van der Waals surface area contributed by atoms with Crippen LogP contribution in [-0.4, -0.2) is 57.5 Å². The average molecular weight is 319 g/mol. The fraction of sp³-hybridized carbons (Fsp3) is 0.545. The van der Waals surface area contributed by atoms with Crippen molar-refractivity contribution in [2.24, 2.45) is 0 Å². The number of hydrogen-bond acceptors (Lipinski definition) is 5. The molecule has 0 aliphatic rings. The Morgan fingerprint density at radius 1 is 1.29 bits per heavy atom. The van der Waals surface area contributed by atoms with Crippen molar-refractivity contribution in [3.63, 3.8) is 0 Å². The molecule has 0 atom stereocenters. The second-order valence-electron chi connectivity index (χ2n) is 4.38. The third-order valence-corrected chi connectivity index (χ3v) is 4.31. The summed E-state index contributed by atoms with van der Waals surface area (Å²) in [6, 6.07) is 0. The van der Waals surface area contributed by atoms with Crippen LogP contribution in [0, 0.1) is 6.92 Å². The first kappa shape index (κ1) is 17.1. The van der Waals surface area contributed by atoms with Crippen LogP contribution in [0.5, 0.6) is 0 Å². The summed E-state index contributed by atoms with van der Waals surface area (Å²) in [5.74, 6) is -2.42. The molecular formula is C11H17N3O6S. The fourth-order valence-corrected chi connectivity index (χ4v) is 3.06. The lowest BCUT2D eigenvalue weighted by Crippen LogP contribution is -2.39. The molecule has 0 aliphatic carbocycles. The van der Waals surface area contributed by atoms with E-state index in [1.165, 1.54) is 6.20 Å². The molecule has 0 bridgehead atoms. The number of carboxylic acids is 2. The molecule has 9 nitrogen and oxygen atoms in total. The molecule has 0 spiro atoms. The van der Waals surface area contributed by atoms with Crippen molar-refractivity contribution in [2.75, 3.05) is 13.1 Å². The van der Waals surface area contributed by atoms with Gasteiger partial charge in [-0.2, -0.15) is 4.31 Å². The molecule has 1 heterocycles. The minimum atomic E-state index is -4.27. The molecule has 0 aromatic carbocycles. The molecule has 0 radical (unpaired) electrons. The van der Waals surface area contributed by atoms with Gasteiger partial charge in [0, 0.05) is 12.7 Å². The highest BCUT2D eigenvalue weighted by molar-refractivity contribution is 7.89. The van der Waals surface area contributed by atoms with Gasteiger partial charge in [-0.1, -0.05) is 6.92 Å². The number of carboxylic acid groups (broad SMARTS) is 2. The number of aryl methyl sites for hydroxylation is 2. The van der Waals surface area contributed by atoms with Crippen molar-refractivity contribution in [1.82, 2.24) is 13.9 Å². The molecule has 2 N–H and O–H groups in total. The van der Waals surface area contributed by atoms with Crippen LogP contribution < -0.4 is 0 Å². The third-order valence-electron chi connectivity index (χ3n) is 2.65. The lowest BCUT2D eigenvalue weighted by molar-refractivity contribution is -0.139. The predicted molar refractivity (Wildman–Crippen MR) is 71.3 cm³/mol. The maximum atomic E-state index is 12.3. The first-order valence-electron chi connectivity index (χ1n) is 6.16. The first-order valence-corrected chi connectivity index (χ1v) is 7.60. The van der Waals surface area contributed by atoms with Crippen molar-refractivity contribution in [2.45, 2.75) is 31.8 Å². The molecule has 118 valence electrons. The van der Waals surface area contributed by atoms with Gasteiger partial charge in [0.25, 0.3) is 10.0 Å². The van der Waals surface area contributed by atoms with Crippen molar-refractivity contribution < 1.29 is 28.2 Å². The predicted octanol–water partition coefficient (Wildman–Crippen LogP) is -0.239. The van der Waals surface area contributed by atoms with Gasteiger partial charge in [0.2, 0.25) is 0 Å². The van der Waals surface area contributed by atoms with Gasteiger partial charge in [0.1, 0.15) is 18.9 Å². The highest BCUT2D eigenvalue weighted by Gasteiger charge is 2.31. The summed E-state index contributed by atoms with van der Waals surface area (Å²) in [6.45, 7) is 2.22. The van der Waals surface area contributed by atoms with E-state index in [2.05, 4.69) is 4.98 Å². The molecule has 1 aromatic heterocycles. The third kappa shape index (κ3) is 4.26. The number of sulfonamides is 1. The lowest BCUT2D eigenvalue weighted by atomic mass is 10.5. The largest absolute Gasteiger partial charge is 0.480 e. The van der Waals surface area contributed by atoms with E-state index in [0.29, 0.717) is 16.7 Å². The van der Waals surface area contributed by atoms with Crippen LogP contribution in [0.3, 0.4) is 0 Å². The van der Waals surface area contributed by atoms with Crippen LogP contribution in [0.1, 0.15) is 19.2 Å². The summed E-state index contributed by atoms with van der Waals surface area (Å²) >= 11 is 0. The number of imidazole rings is 1. The van der Waals surface area contributed by atoms with E-state index in [1.54, 1.807) is 11.5 Å². The topological polar surface area (TPSA) is 130 Å². The van der Waals surface area contributed by atoms with E-state index in [4.69, 9.17) is 10.2 Å². The monoisotopic (exact) mass is 319 g/mol. The van der Waals surface area contributed by atoms with E-state index >= 15 is 0 Å². The van der Waals surface area contributed by atoms with Gasteiger partial charge in [-0.15, -0.1) is 0 Å². The van der Waals surface area contributed by atoms with Crippen molar-refractivity contribution in [3.8, 4) is 0 Å². The molecule has 0 aliphatic heterocycles. The molecule has 0 saturated carbocycles. The van der Waals surface area contributed by atoms with Crippen molar-refractivity contribution in [1.29, 1.82) is 0 Å². The Kier molecular flexibility index (Phi) is 5.44. The normalized spacial score (nSPS) is 11.8. The molecule has 0 unspecified atom stereocenters. The summed E-state index contributed by atoms with van der Waals surface area (Å²) in [5, 5.41) is 17.1. The van der Waals surface area contributed by atoms with Crippen LogP contribution in [-0.2, 0) is 26.2 Å². The van der Waals surface area contributed by atoms with Crippen LogP contribution >= 0.6 is 0 Å². The van der Waals surface area contributed by atoms with E-state index < -0.39 is 35.1 Å². The van der Waals surface area contributed by atoms with Gasteiger partial charge >= 0.3 is 11.9 Å². The minimum Gasteiger partial charge on any atom is -0.480 e. The summed E-state index contributed by atoms with van der Waals surface area (Å²) in [6.07, 6.45) is 2.05. The van der Waals surface area contributed by atoms with Gasteiger partial charge in [0.15, 0.2) is 5.03 Å². The number of aliphatic carboxylic acids is 2. The number of carbonyl (C=O) groups is 2. The molecule has 1 aromatic rings. The Bertz CT molecular complexity index is 620. The number of nitrogens with zero attached hydrogens (tertiary/aromatic N) is 3. The lowest BCUT2D eigenvalue weighted by Gasteiger charge is -2.16.